The predicted octanol–water partition coefficient (Wildman–Crippen LogP) is 3.80. The van der Waals surface area contributed by atoms with Crippen LogP contribution in [0.3, 0.4) is 0 Å². The van der Waals surface area contributed by atoms with Crippen molar-refractivity contribution in [1.29, 1.82) is 0 Å². The van der Waals surface area contributed by atoms with Crippen LogP contribution in [-0.2, 0) is 13.6 Å². The Morgan fingerprint density at radius 1 is 1.11 bits per heavy atom. The number of aryl methyl sites for hydroxylation is 2. The summed E-state index contributed by atoms with van der Waals surface area (Å²) < 4.78 is 2.24. The summed E-state index contributed by atoms with van der Waals surface area (Å²) in [5, 5.41) is 3.60. The third-order valence-corrected chi connectivity index (χ3v) is 4.06. The molecular formula is C17H24N2. The summed E-state index contributed by atoms with van der Waals surface area (Å²) in [6.07, 6.45) is 0. The molecule has 0 fully saturated rings. The Bertz CT molecular complexity index is 549. The zero-order chi connectivity index (χ0) is 14.0. The van der Waals surface area contributed by atoms with Crippen molar-refractivity contribution in [2.75, 3.05) is 0 Å². The van der Waals surface area contributed by atoms with Gasteiger partial charge in [-0.05, 0) is 44.9 Å². The molecular weight excluding hydrogens is 232 g/mol. The number of hydrogen-bond acceptors (Lipinski definition) is 1. The molecule has 0 saturated heterocycles. The lowest BCUT2D eigenvalue weighted by molar-refractivity contribution is 0.572. The molecule has 0 amide bonds. The van der Waals surface area contributed by atoms with Crippen LogP contribution in [0.15, 0.2) is 30.3 Å². The molecule has 19 heavy (non-hydrogen) atoms. The van der Waals surface area contributed by atoms with E-state index in [4.69, 9.17) is 0 Å². The second-order valence-corrected chi connectivity index (χ2v) is 5.47. The van der Waals surface area contributed by atoms with Gasteiger partial charge in [-0.3, -0.25) is 0 Å². The first kappa shape index (κ1) is 13.9. The fraction of sp³-hybridized carbons (Fsp3) is 0.412. The van der Waals surface area contributed by atoms with Gasteiger partial charge in [-0.15, -0.1) is 0 Å². The molecule has 2 rings (SSSR count). The average molecular weight is 256 g/mol. The highest BCUT2D eigenvalue weighted by molar-refractivity contribution is 5.27. The minimum Gasteiger partial charge on any atom is -0.352 e. The van der Waals surface area contributed by atoms with E-state index in [-0.39, 0.29) is 0 Å². The number of hydrogen-bond donors (Lipinski definition) is 1. The first-order valence-electron chi connectivity index (χ1n) is 6.90. The largest absolute Gasteiger partial charge is 0.352 e. The van der Waals surface area contributed by atoms with Gasteiger partial charge in [-0.25, -0.2) is 0 Å². The SMILES string of the molecule is Cc1ccc([C@H](C)NCc2cc(C)n(C)c2C)cc1. The van der Waals surface area contributed by atoms with Gasteiger partial charge in [0.2, 0.25) is 0 Å². The van der Waals surface area contributed by atoms with Crippen LogP contribution in [0.2, 0.25) is 0 Å². The molecule has 0 bridgehead atoms. The zero-order valence-corrected chi connectivity index (χ0v) is 12.6. The second kappa shape index (κ2) is 5.62. The van der Waals surface area contributed by atoms with E-state index in [0.717, 1.165) is 6.54 Å². The molecule has 2 nitrogen and oxygen atoms in total. The van der Waals surface area contributed by atoms with Crippen molar-refractivity contribution in [3.8, 4) is 0 Å². The van der Waals surface area contributed by atoms with Gasteiger partial charge in [0.05, 0.1) is 0 Å². The highest BCUT2D eigenvalue weighted by Crippen LogP contribution is 2.17. The molecule has 102 valence electrons. The number of benzene rings is 1. The highest BCUT2D eigenvalue weighted by Gasteiger charge is 2.08. The van der Waals surface area contributed by atoms with E-state index in [1.54, 1.807) is 0 Å². The van der Waals surface area contributed by atoms with Crippen LogP contribution in [0.5, 0.6) is 0 Å². The van der Waals surface area contributed by atoms with Crippen LogP contribution in [0.25, 0.3) is 0 Å². The zero-order valence-electron chi connectivity index (χ0n) is 12.6. The molecule has 0 radical (unpaired) electrons. The first-order chi connectivity index (χ1) is 8.99. The molecule has 2 aromatic rings. The summed E-state index contributed by atoms with van der Waals surface area (Å²) in [5.74, 6) is 0. The van der Waals surface area contributed by atoms with E-state index in [1.165, 1.54) is 28.1 Å². The van der Waals surface area contributed by atoms with Gasteiger partial charge in [0, 0.05) is 31.0 Å². The predicted molar refractivity (Wildman–Crippen MR) is 81.3 cm³/mol. The quantitative estimate of drug-likeness (QED) is 0.880. The van der Waals surface area contributed by atoms with E-state index >= 15 is 0 Å². The minimum absolute atomic E-state index is 0.375. The molecule has 0 unspecified atom stereocenters. The molecule has 1 atom stereocenters. The maximum absolute atomic E-state index is 3.60. The Morgan fingerprint density at radius 2 is 1.74 bits per heavy atom. The molecule has 2 heteroatoms. The van der Waals surface area contributed by atoms with Crippen LogP contribution in [-0.4, -0.2) is 4.57 Å². The van der Waals surface area contributed by atoms with Gasteiger partial charge >= 0.3 is 0 Å². The normalized spacial score (nSPS) is 12.7. The summed E-state index contributed by atoms with van der Waals surface area (Å²) in [6.45, 7) is 9.59. The lowest BCUT2D eigenvalue weighted by Gasteiger charge is -2.14. The van der Waals surface area contributed by atoms with Crippen LogP contribution >= 0.6 is 0 Å². The van der Waals surface area contributed by atoms with Crippen LogP contribution in [0.1, 0.15) is 41.0 Å². The van der Waals surface area contributed by atoms with Crippen LogP contribution in [0.4, 0.5) is 0 Å². The summed E-state index contributed by atoms with van der Waals surface area (Å²) in [6, 6.07) is 11.4. The average Bonchev–Trinajstić information content (AvgIpc) is 2.64. The Morgan fingerprint density at radius 3 is 2.26 bits per heavy atom. The van der Waals surface area contributed by atoms with E-state index in [0.29, 0.717) is 6.04 Å². The molecule has 1 aromatic heterocycles. The summed E-state index contributed by atoms with van der Waals surface area (Å²) in [7, 11) is 2.12. The number of rotatable bonds is 4. The standard InChI is InChI=1S/C17H24N2/c1-12-6-8-16(9-7-12)14(3)18-11-17-10-13(2)19(5)15(17)4/h6-10,14,18H,11H2,1-5H3/t14-/m0/s1. The highest BCUT2D eigenvalue weighted by atomic mass is 15.0. The van der Waals surface area contributed by atoms with Crippen molar-refractivity contribution in [2.45, 2.75) is 40.3 Å². The maximum atomic E-state index is 3.60. The van der Waals surface area contributed by atoms with Crippen molar-refractivity contribution < 1.29 is 0 Å². The Labute approximate surface area is 116 Å². The topological polar surface area (TPSA) is 17.0 Å². The summed E-state index contributed by atoms with van der Waals surface area (Å²) >= 11 is 0. The number of nitrogens with one attached hydrogen (secondary N) is 1. The fourth-order valence-corrected chi connectivity index (χ4v) is 2.35. The Kier molecular flexibility index (Phi) is 4.11. The molecule has 0 spiro atoms. The fourth-order valence-electron chi connectivity index (χ4n) is 2.35. The summed E-state index contributed by atoms with van der Waals surface area (Å²) in [5.41, 5.74) is 6.71. The Hall–Kier alpha value is -1.54. The lowest BCUT2D eigenvalue weighted by atomic mass is 10.1. The first-order valence-corrected chi connectivity index (χ1v) is 6.90. The van der Waals surface area contributed by atoms with Crippen molar-refractivity contribution >= 4 is 0 Å². The maximum Gasteiger partial charge on any atom is 0.0294 e. The molecule has 1 N–H and O–H groups in total. The van der Waals surface area contributed by atoms with Crippen molar-refractivity contribution in [3.05, 3.63) is 58.4 Å². The van der Waals surface area contributed by atoms with Crippen molar-refractivity contribution in [1.82, 2.24) is 9.88 Å². The summed E-state index contributed by atoms with van der Waals surface area (Å²) in [4.78, 5) is 0. The third-order valence-electron chi connectivity index (χ3n) is 4.06. The van der Waals surface area contributed by atoms with E-state index in [2.05, 4.69) is 75.0 Å². The van der Waals surface area contributed by atoms with E-state index in [1.807, 2.05) is 0 Å². The van der Waals surface area contributed by atoms with Gasteiger partial charge in [0.25, 0.3) is 0 Å². The van der Waals surface area contributed by atoms with E-state index in [9.17, 15) is 0 Å². The third kappa shape index (κ3) is 3.07. The molecule has 1 heterocycles. The molecule has 0 aliphatic carbocycles. The van der Waals surface area contributed by atoms with Crippen LogP contribution < -0.4 is 5.32 Å². The van der Waals surface area contributed by atoms with Gasteiger partial charge in [-0.1, -0.05) is 29.8 Å². The van der Waals surface area contributed by atoms with Gasteiger partial charge in [-0.2, -0.15) is 0 Å². The molecule has 0 aliphatic heterocycles. The van der Waals surface area contributed by atoms with E-state index < -0.39 is 0 Å². The van der Waals surface area contributed by atoms with Gasteiger partial charge in [0.15, 0.2) is 0 Å². The van der Waals surface area contributed by atoms with Crippen LogP contribution in [0, 0.1) is 20.8 Å². The second-order valence-electron chi connectivity index (χ2n) is 5.47. The molecule has 1 aromatic carbocycles. The monoisotopic (exact) mass is 256 g/mol. The van der Waals surface area contributed by atoms with Crippen molar-refractivity contribution in [2.24, 2.45) is 7.05 Å². The lowest BCUT2D eigenvalue weighted by Crippen LogP contribution is -2.18. The Balaban J connectivity index is 2.02. The number of nitrogens with zero attached hydrogens (tertiary/aromatic N) is 1. The van der Waals surface area contributed by atoms with Crippen molar-refractivity contribution in [3.63, 3.8) is 0 Å². The van der Waals surface area contributed by atoms with Gasteiger partial charge < -0.3 is 9.88 Å². The minimum atomic E-state index is 0.375. The van der Waals surface area contributed by atoms with Gasteiger partial charge in [0.1, 0.15) is 0 Å². The molecule has 0 aliphatic rings. The number of aromatic nitrogens is 1. The molecule has 0 saturated carbocycles. The smallest absolute Gasteiger partial charge is 0.0294 e.